The summed E-state index contributed by atoms with van der Waals surface area (Å²) in [6.07, 6.45) is 1.71. The number of ether oxygens (including phenoxy) is 1. The molecule has 4 nitrogen and oxygen atoms in total. The minimum atomic E-state index is -0.103. The molecule has 2 aromatic carbocycles. The molecule has 0 atom stereocenters. The van der Waals surface area contributed by atoms with Gasteiger partial charge in [0.2, 0.25) is 5.91 Å². The van der Waals surface area contributed by atoms with Gasteiger partial charge in [-0.15, -0.1) is 6.58 Å². The zero-order valence-corrected chi connectivity index (χ0v) is 11.7. The van der Waals surface area contributed by atoms with E-state index in [1.807, 2.05) is 48.5 Å². The van der Waals surface area contributed by atoms with Gasteiger partial charge in [-0.1, -0.05) is 30.3 Å². The minimum Gasteiger partial charge on any atom is -0.457 e. The molecular weight excluding hydrogens is 264 g/mol. The van der Waals surface area contributed by atoms with Gasteiger partial charge in [0.1, 0.15) is 11.5 Å². The number of rotatable bonds is 7. The Morgan fingerprint density at radius 2 is 1.86 bits per heavy atom. The Labute approximate surface area is 124 Å². The molecule has 21 heavy (non-hydrogen) atoms. The van der Waals surface area contributed by atoms with Crippen LogP contribution in [0, 0.1) is 0 Å². The summed E-state index contributed by atoms with van der Waals surface area (Å²) in [4.78, 5) is 11.7. The van der Waals surface area contributed by atoms with E-state index in [1.165, 1.54) is 0 Å². The lowest BCUT2D eigenvalue weighted by atomic mass is 10.3. The van der Waals surface area contributed by atoms with Crippen LogP contribution in [0.1, 0.15) is 0 Å². The monoisotopic (exact) mass is 282 g/mol. The molecule has 0 aliphatic rings. The largest absolute Gasteiger partial charge is 0.457 e. The molecule has 0 unspecified atom stereocenters. The van der Waals surface area contributed by atoms with Gasteiger partial charge in [-0.05, 0) is 24.3 Å². The van der Waals surface area contributed by atoms with Crippen LogP contribution in [-0.2, 0) is 4.79 Å². The average Bonchev–Trinajstić information content (AvgIpc) is 2.49. The molecule has 0 saturated heterocycles. The number of carbonyl (C=O) groups excluding carboxylic acids is 1. The number of benzene rings is 2. The summed E-state index contributed by atoms with van der Waals surface area (Å²) in [7, 11) is 0. The summed E-state index contributed by atoms with van der Waals surface area (Å²) in [5, 5.41) is 5.76. The first-order valence-electron chi connectivity index (χ1n) is 6.72. The molecule has 0 spiro atoms. The third kappa shape index (κ3) is 5.12. The number of carbonyl (C=O) groups is 1. The van der Waals surface area contributed by atoms with Crippen LogP contribution in [0.5, 0.6) is 11.5 Å². The van der Waals surface area contributed by atoms with Crippen molar-refractivity contribution in [3.63, 3.8) is 0 Å². The van der Waals surface area contributed by atoms with Crippen molar-refractivity contribution in [1.82, 2.24) is 5.32 Å². The lowest BCUT2D eigenvalue weighted by Crippen LogP contribution is -2.28. The zero-order chi connectivity index (χ0) is 14.9. The molecular formula is C17H18N2O2. The third-order valence-corrected chi connectivity index (χ3v) is 2.67. The summed E-state index contributed by atoms with van der Waals surface area (Å²) >= 11 is 0. The number of para-hydroxylation sites is 1. The Kier molecular flexibility index (Phi) is 5.55. The fourth-order valence-corrected chi connectivity index (χ4v) is 1.75. The van der Waals surface area contributed by atoms with E-state index < -0.39 is 0 Å². The second-order valence-corrected chi connectivity index (χ2v) is 4.41. The Morgan fingerprint density at radius 3 is 2.62 bits per heavy atom. The predicted molar refractivity (Wildman–Crippen MR) is 84.7 cm³/mol. The molecule has 2 aromatic rings. The van der Waals surface area contributed by atoms with Crippen molar-refractivity contribution in [1.29, 1.82) is 0 Å². The molecule has 2 rings (SSSR count). The molecule has 0 fully saturated rings. The third-order valence-electron chi connectivity index (χ3n) is 2.67. The number of amides is 1. The maximum absolute atomic E-state index is 11.7. The highest BCUT2D eigenvalue weighted by Crippen LogP contribution is 2.23. The Balaban J connectivity index is 1.94. The van der Waals surface area contributed by atoms with Crippen molar-refractivity contribution in [3.05, 3.63) is 67.3 Å². The van der Waals surface area contributed by atoms with Gasteiger partial charge in [0, 0.05) is 18.3 Å². The first-order chi connectivity index (χ1) is 10.3. The van der Waals surface area contributed by atoms with Crippen LogP contribution in [0.3, 0.4) is 0 Å². The number of nitrogens with one attached hydrogen (secondary N) is 2. The van der Waals surface area contributed by atoms with Crippen LogP contribution in [0.2, 0.25) is 0 Å². The van der Waals surface area contributed by atoms with Crippen LogP contribution in [-0.4, -0.2) is 19.0 Å². The molecule has 0 aromatic heterocycles. The summed E-state index contributed by atoms with van der Waals surface area (Å²) in [5.41, 5.74) is 0.703. The molecule has 0 radical (unpaired) electrons. The summed E-state index contributed by atoms with van der Waals surface area (Å²) < 4.78 is 5.72. The van der Waals surface area contributed by atoms with E-state index in [0.29, 0.717) is 18.0 Å². The minimum absolute atomic E-state index is 0.103. The van der Waals surface area contributed by atoms with Crippen LogP contribution in [0.25, 0.3) is 0 Å². The van der Waals surface area contributed by atoms with E-state index in [0.717, 1.165) is 5.75 Å². The van der Waals surface area contributed by atoms with Gasteiger partial charge >= 0.3 is 0 Å². The molecule has 0 bridgehead atoms. The van der Waals surface area contributed by atoms with Crippen molar-refractivity contribution in [3.8, 4) is 11.5 Å². The summed E-state index contributed by atoms with van der Waals surface area (Å²) in [6.45, 7) is 4.43. The topological polar surface area (TPSA) is 50.4 Å². The van der Waals surface area contributed by atoms with E-state index in [4.69, 9.17) is 4.74 Å². The van der Waals surface area contributed by atoms with Crippen LogP contribution in [0.15, 0.2) is 67.3 Å². The normalized spacial score (nSPS) is 9.90. The maximum Gasteiger partial charge on any atom is 0.238 e. The van der Waals surface area contributed by atoms with E-state index in [-0.39, 0.29) is 12.5 Å². The number of hydrogen-bond donors (Lipinski definition) is 2. The Hall–Kier alpha value is -2.59. The lowest BCUT2D eigenvalue weighted by molar-refractivity contribution is -0.115. The fraction of sp³-hybridized carbons (Fsp3) is 0.118. The fourth-order valence-electron chi connectivity index (χ4n) is 1.75. The van der Waals surface area contributed by atoms with Gasteiger partial charge in [0.25, 0.3) is 0 Å². The van der Waals surface area contributed by atoms with Crippen molar-refractivity contribution < 1.29 is 9.53 Å². The molecule has 4 heteroatoms. The quantitative estimate of drug-likeness (QED) is 0.605. The maximum atomic E-state index is 11.7. The van der Waals surface area contributed by atoms with Gasteiger partial charge in [0.15, 0.2) is 0 Å². The zero-order valence-electron chi connectivity index (χ0n) is 11.7. The Bertz CT molecular complexity index is 597. The Morgan fingerprint density at radius 1 is 1.10 bits per heavy atom. The van der Waals surface area contributed by atoms with Crippen LogP contribution in [0.4, 0.5) is 5.69 Å². The standard InChI is InChI=1S/C17H18N2O2/c1-2-11-18-13-17(20)19-14-7-6-10-16(12-14)21-15-8-4-3-5-9-15/h2-10,12,18H,1,11,13H2,(H,19,20). The van der Waals surface area contributed by atoms with Crippen LogP contribution >= 0.6 is 0 Å². The highest BCUT2D eigenvalue weighted by atomic mass is 16.5. The SMILES string of the molecule is C=CCNCC(=O)Nc1cccc(Oc2ccccc2)c1. The molecule has 108 valence electrons. The first kappa shape index (κ1) is 14.8. The highest BCUT2D eigenvalue weighted by Gasteiger charge is 2.03. The van der Waals surface area contributed by atoms with E-state index in [9.17, 15) is 4.79 Å². The molecule has 0 heterocycles. The van der Waals surface area contributed by atoms with E-state index >= 15 is 0 Å². The summed E-state index contributed by atoms with van der Waals surface area (Å²) in [6, 6.07) is 16.8. The smallest absolute Gasteiger partial charge is 0.238 e. The molecule has 0 saturated carbocycles. The van der Waals surface area contributed by atoms with Crippen molar-refractivity contribution in [2.75, 3.05) is 18.4 Å². The van der Waals surface area contributed by atoms with Crippen molar-refractivity contribution >= 4 is 11.6 Å². The lowest BCUT2D eigenvalue weighted by Gasteiger charge is -2.09. The van der Waals surface area contributed by atoms with Crippen molar-refractivity contribution in [2.45, 2.75) is 0 Å². The van der Waals surface area contributed by atoms with Crippen molar-refractivity contribution in [2.24, 2.45) is 0 Å². The second kappa shape index (κ2) is 7.87. The molecule has 2 N–H and O–H groups in total. The number of anilines is 1. The molecule has 1 amide bonds. The summed E-state index contributed by atoms with van der Waals surface area (Å²) in [5.74, 6) is 1.33. The van der Waals surface area contributed by atoms with Gasteiger partial charge in [-0.3, -0.25) is 4.79 Å². The van der Waals surface area contributed by atoms with E-state index in [2.05, 4.69) is 17.2 Å². The molecule has 0 aliphatic heterocycles. The van der Waals surface area contributed by atoms with E-state index in [1.54, 1.807) is 12.1 Å². The number of hydrogen-bond acceptors (Lipinski definition) is 3. The van der Waals surface area contributed by atoms with Crippen LogP contribution < -0.4 is 15.4 Å². The highest BCUT2D eigenvalue weighted by molar-refractivity contribution is 5.92. The molecule has 0 aliphatic carbocycles. The second-order valence-electron chi connectivity index (χ2n) is 4.41. The van der Waals surface area contributed by atoms with Gasteiger partial charge < -0.3 is 15.4 Å². The van der Waals surface area contributed by atoms with Gasteiger partial charge in [0.05, 0.1) is 6.54 Å². The average molecular weight is 282 g/mol. The van der Waals surface area contributed by atoms with Gasteiger partial charge in [-0.25, -0.2) is 0 Å². The first-order valence-corrected chi connectivity index (χ1v) is 6.72. The predicted octanol–water partition coefficient (Wildman–Crippen LogP) is 3.19. The van der Waals surface area contributed by atoms with Gasteiger partial charge in [-0.2, -0.15) is 0 Å².